The maximum Gasteiger partial charge on any atom is 0.253 e. The van der Waals surface area contributed by atoms with Crippen LogP contribution in [-0.2, 0) is 6.42 Å². The summed E-state index contributed by atoms with van der Waals surface area (Å²) < 4.78 is 0. The van der Waals surface area contributed by atoms with Crippen LogP contribution >= 0.6 is 34.8 Å². The van der Waals surface area contributed by atoms with E-state index in [9.17, 15) is 0 Å². The highest BCUT2D eigenvalue weighted by atomic mass is 35.5. The maximum absolute atomic E-state index is 5.97. The summed E-state index contributed by atoms with van der Waals surface area (Å²) in [6.45, 7) is 3.57. The fourth-order valence-corrected chi connectivity index (χ4v) is 1.63. The van der Waals surface area contributed by atoms with Gasteiger partial charge in [0, 0.05) is 31.1 Å². The van der Waals surface area contributed by atoms with Crippen LogP contribution in [0, 0.1) is 0 Å². The van der Waals surface area contributed by atoms with Crippen molar-refractivity contribution in [3.63, 3.8) is 0 Å². The monoisotopic (exact) mass is 292 g/mol. The Hall–Kier alpha value is -0.840. The lowest BCUT2D eigenvalue weighted by molar-refractivity contribution is 0.642. The van der Waals surface area contributed by atoms with Crippen LogP contribution in [0.5, 0.6) is 0 Å². The highest BCUT2D eigenvalue weighted by molar-refractivity contribution is 6.35. The first kappa shape index (κ1) is 14.2. The number of rotatable bonds is 4. The minimum Gasteiger partial charge on any atom is -0.369 e. The van der Waals surface area contributed by atoms with Crippen molar-refractivity contribution < 1.29 is 0 Å². The van der Waals surface area contributed by atoms with Gasteiger partial charge in [-0.15, -0.1) is 0 Å². The Kier molecular flexibility index (Phi) is 5.18. The molecule has 0 N–H and O–H groups in total. The standard InChI is InChI=1S/C10H11Cl3N4/c1-6(11)4-7-8(12)15-10(16-9(7)13)14-5-17(2)3/h5H,1,4H2,2-3H3. The number of allylic oxidation sites excluding steroid dienone is 1. The quantitative estimate of drug-likeness (QED) is 0.486. The summed E-state index contributed by atoms with van der Waals surface area (Å²) in [5.74, 6) is 0.206. The van der Waals surface area contributed by atoms with Crippen LogP contribution in [0.25, 0.3) is 0 Å². The highest BCUT2D eigenvalue weighted by Crippen LogP contribution is 2.26. The number of aromatic nitrogens is 2. The molecule has 0 amide bonds. The SMILES string of the molecule is C=C(Cl)Cc1c(Cl)nc(N=CN(C)C)nc1Cl. The summed E-state index contributed by atoms with van der Waals surface area (Å²) in [4.78, 5) is 13.8. The molecule has 1 rings (SSSR count). The molecule has 0 saturated carbocycles. The molecule has 0 spiro atoms. The average molecular weight is 294 g/mol. The topological polar surface area (TPSA) is 41.4 Å². The van der Waals surface area contributed by atoms with Gasteiger partial charge in [-0.2, -0.15) is 9.97 Å². The van der Waals surface area contributed by atoms with Crippen molar-refractivity contribution >= 4 is 47.1 Å². The van der Waals surface area contributed by atoms with E-state index in [1.165, 1.54) is 0 Å². The summed E-state index contributed by atoms with van der Waals surface area (Å²) in [7, 11) is 3.66. The summed E-state index contributed by atoms with van der Waals surface area (Å²) >= 11 is 17.6. The van der Waals surface area contributed by atoms with Gasteiger partial charge in [0.15, 0.2) is 0 Å². The molecule has 0 unspecified atom stereocenters. The summed E-state index contributed by atoms with van der Waals surface area (Å²) in [6, 6.07) is 0. The average Bonchev–Trinajstić information content (AvgIpc) is 2.20. The molecular formula is C10H11Cl3N4. The molecule has 1 aromatic rings. The van der Waals surface area contributed by atoms with Gasteiger partial charge >= 0.3 is 0 Å². The molecular weight excluding hydrogens is 282 g/mol. The van der Waals surface area contributed by atoms with Gasteiger partial charge in [-0.25, -0.2) is 4.99 Å². The Bertz CT molecular complexity index is 434. The van der Waals surface area contributed by atoms with Gasteiger partial charge < -0.3 is 4.90 Å². The Morgan fingerprint density at radius 1 is 1.35 bits per heavy atom. The van der Waals surface area contributed by atoms with Gasteiger partial charge in [-0.1, -0.05) is 41.4 Å². The first-order valence-electron chi connectivity index (χ1n) is 4.66. The van der Waals surface area contributed by atoms with Gasteiger partial charge in [0.05, 0.1) is 6.34 Å². The molecule has 0 aromatic carbocycles. The van der Waals surface area contributed by atoms with Gasteiger partial charge in [0.25, 0.3) is 5.95 Å². The van der Waals surface area contributed by atoms with Gasteiger partial charge in [-0.3, -0.25) is 0 Å². The van der Waals surface area contributed by atoms with Gasteiger partial charge in [0.2, 0.25) is 0 Å². The lowest BCUT2D eigenvalue weighted by atomic mass is 10.2. The zero-order valence-corrected chi connectivity index (χ0v) is 11.7. The Balaban J connectivity index is 3.05. The van der Waals surface area contributed by atoms with Crippen molar-refractivity contribution in [1.82, 2.24) is 14.9 Å². The molecule has 0 bridgehead atoms. The highest BCUT2D eigenvalue weighted by Gasteiger charge is 2.11. The third-order valence-electron chi connectivity index (χ3n) is 1.67. The third kappa shape index (κ3) is 4.50. The summed E-state index contributed by atoms with van der Waals surface area (Å²) in [5.41, 5.74) is 0.553. The fraction of sp³-hybridized carbons (Fsp3) is 0.300. The predicted octanol–water partition coefficient (Wildman–Crippen LogP) is 3.30. The van der Waals surface area contributed by atoms with E-state index in [0.29, 0.717) is 17.0 Å². The van der Waals surface area contributed by atoms with Gasteiger partial charge in [-0.05, 0) is 0 Å². The van der Waals surface area contributed by atoms with Crippen LogP contribution in [-0.4, -0.2) is 35.3 Å². The lowest BCUT2D eigenvalue weighted by Gasteiger charge is -2.06. The lowest BCUT2D eigenvalue weighted by Crippen LogP contribution is -2.07. The van der Waals surface area contributed by atoms with Crippen LogP contribution in [0.3, 0.4) is 0 Å². The van der Waals surface area contributed by atoms with E-state index in [4.69, 9.17) is 34.8 Å². The normalized spacial score (nSPS) is 10.9. The number of nitrogens with zero attached hydrogens (tertiary/aromatic N) is 4. The number of aliphatic imine (C=N–C) groups is 1. The molecule has 4 nitrogen and oxygen atoms in total. The molecule has 0 saturated heterocycles. The van der Waals surface area contributed by atoms with E-state index in [-0.39, 0.29) is 16.3 Å². The summed E-state index contributed by atoms with van der Waals surface area (Å²) in [6.07, 6.45) is 1.89. The van der Waals surface area contributed by atoms with Crippen molar-refractivity contribution in [2.45, 2.75) is 6.42 Å². The Morgan fingerprint density at radius 3 is 2.29 bits per heavy atom. The van der Waals surface area contributed by atoms with Crippen LogP contribution in [0.15, 0.2) is 16.6 Å². The van der Waals surface area contributed by atoms with Gasteiger partial charge in [0.1, 0.15) is 10.3 Å². The number of hydrogen-bond donors (Lipinski definition) is 0. The smallest absolute Gasteiger partial charge is 0.253 e. The van der Waals surface area contributed by atoms with Crippen LogP contribution in [0.2, 0.25) is 10.3 Å². The predicted molar refractivity (Wildman–Crippen MR) is 72.6 cm³/mol. The zero-order valence-electron chi connectivity index (χ0n) is 9.41. The van der Waals surface area contributed by atoms with E-state index in [1.807, 2.05) is 14.1 Å². The first-order valence-corrected chi connectivity index (χ1v) is 5.79. The largest absolute Gasteiger partial charge is 0.369 e. The molecule has 7 heteroatoms. The second-order valence-corrected chi connectivity index (χ2v) is 4.74. The molecule has 92 valence electrons. The van der Waals surface area contributed by atoms with Crippen molar-refractivity contribution in [2.75, 3.05) is 14.1 Å². The molecule has 0 fully saturated rings. The fourth-order valence-electron chi connectivity index (χ4n) is 0.983. The molecule has 0 aliphatic heterocycles. The number of hydrogen-bond acceptors (Lipinski definition) is 3. The van der Waals surface area contributed by atoms with Crippen molar-refractivity contribution in [3.8, 4) is 0 Å². The van der Waals surface area contributed by atoms with E-state index in [2.05, 4.69) is 21.5 Å². The molecule has 17 heavy (non-hydrogen) atoms. The first-order chi connectivity index (χ1) is 7.90. The molecule has 0 aliphatic carbocycles. The van der Waals surface area contributed by atoms with Crippen molar-refractivity contribution in [3.05, 3.63) is 27.5 Å². The van der Waals surface area contributed by atoms with E-state index >= 15 is 0 Å². The van der Waals surface area contributed by atoms with E-state index in [1.54, 1.807) is 11.2 Å². The van der Waals surface area contributed by atoms with Crippen LogP contribution in [0.1, 0.15) is 5.56 Å². The second kappa shape index (κ2) is 6.19. The second-order valence-electron chi connectivity index (χ2n) is 3.49. The third-order valence-corrected chi connectivity index (χ3v) is 2.43. The van der Waals surface area contributed by atoms with Crippen molar-refractivity contribution in [1.29, 1.82) is 0 Å². The molecule has 0 atom stereocenters. The van der Waals surface area contributed by atoms with Crippen LogP contribution < -0.4 is 0 Å². The maximum atomic E-state index is 5.97. The minimum absolute atomic E-state index is 0.206. The zero-order chi connectivity index (χ0) is 13.0. The number of halogens is 3. The molecule has 0 radical (unpaired) electrons. The Labute approximate surface area is 115 Å². The minimum atomic E-state index is 0.206. The summed E-state index contributed by atoms with van der Waals surface area (Å²) in [5, 5.41) is 0.886. The molecule has 1 aromatic heterocycles. The Morgan fingerprint density at radius 2 is 1.88 bits per heavy atom. The molecule has 1 heterocycles. The molecule has 0 aliphatic rings. The van der Waals surface area contributed by atoms with E-state index < -0.39 is 0 Å². The van der Waals surface area contributed by atoms with Crippen LogP contribution in [0.4, 0.5) is 5.95 Å². The van der Waals surface area contributed by atoms with Crippen molar-refractivity contribution in [2.24, 2.45) is 4.99 Å². The van der Waals surface area contributed by atoms with E-state index in [0.717, 1.165) is 0 Å².